The fourth-order valence-electron chi connectivity index (χ4n) is 2.30. The lowest BCUT2D eigenvalue weighted by atomic mass is 10.1. The first-order valence-electron chi connectivity index (χ1n) is 8.60. The maximum atomic E-state index is 5.41. The Bertz CT molecular complexity index is 590. The average Bonchev–Trinajstić information content (AvgIpc) is 3.12. The van der Waals surface area contributed by atoms with Crippen LogP contribution in [0.4, 0.5) is 0 Å². The zero-order valence-corrected chi connectivity index (χ0v) is 14.7. The smallest absolute Gasteiger partial charge is 0.191 e. The van der Waals surface area contributed by atoms with Crippen molar-refractivity contribution in [3.05, 3.63) is 59.9 Å². The minimum atomic E-state index is 0.660. The summed E-state index contributed by atoms with van der Waals surface area (Å²) in [5.74, 6) is 0.850. The molecular formula is C19H28N4O. The molecule has 1 aromatic heterocycles. The molecule has 0 bridgehead atoms. The van der Waals surface area contributed by atoms with E-state index in [0.29, 0.717) is 13.2 Å². The van der Waals surface area contributed by atoms with Gasteiger partial charge in [0.25, 0.3) is 0 Å². The first-order valence-corrected chi connectivity index (χ1v) is 8.60. The third-order valence-corrected chi connectivity index (χ3v) is 3.59. The Balaban J connectivity index is 1.82. The number of aromatic nitrogens is 1. The zero-order chi connectivity index (χ0) is 17.0. The van der Waals surface area contributed by atoms with E-state index in [1.54, 1.807) is 0 Å². The molecule has 0 aliphatic heterocycles. The van der Waals surface area contributed by atoms with Crippen molar-refractivity contribution in [3.63, 3.8) is 0 Å². The van der Waals surface area contributed by atoms with Crippen LogP contribution in [0.15, 0.2) is 53.8 Å². The molecule has 0 saturated carbocycles. The molecule has 0 saturated heterocycles. The fraction of sp³-hybridized carbons (Fsp3) is 0.421. The van der Waals surface area contributed by atoms with Crippen molar-refractivity contribution in [1.29, 1.82) is 0 Å². The van der Waals surface area contributed by atoms with E-state index in [-0.39, 0.29) is 0 Å². The summed E-state index contributed by atoms with van der Waals surface area (Å²) in [4.78, 5) is 4.65. The highest BCUT2D eigenvalue weighted by Crippen LogP contribution is 2.07. The molecule has 0 spiro atoms. The number of aliphatic imine (C=N–C) groups is 1. The molecule has 1 aromatic carbocycles. The van der Waals surface area contributed by atoms with Gasteiger partial charge in [0.1, 0.15) is 0 Å². The molecule has 0 aliphatic rings. The van der Waals surface area contributed by atoms with Crippen molar-refractivity contribution >= 4 is 5.96 Å². The van der Waals surface area contributed by atoms with Crippen molar-refractivity contribution in [3.8, 4) is 0 Å². The Labute approximate surface area is 144 Å². The molecule has 130 valence electrons. The predicted molar refractivity (Wildman–Crippen MR) is 99.0 cm³/mol. The minimum absolute atomic E-state index is 0.660. The van der Waals surface area contributed by atoms with Gasteiger partial charge in [0, 0.05) is 38.6 Å². The molecule has 2 N–H and O–H groups in total. The third-order valence-electron chi connectivity index (χ3n) is 3.59. The number of benzene rings is 1. The highest BCUT2D eigenvalue weighted by atomic mass is 16.5. The number of nitrogens with zero attached hydrogens (tertiary/aromatic N) is 2. The maximum absolute atomic E-state index is 5.41. The molecule has 0 atom stereocenters. The van der Waals surface area contributed by atoms with Gasteiger partial charge >= 0.3 is 0 Å². The van der Waals surface area contributed by atoms with Gasteiger partial charge in [-0.05, 0) is 37.1 Å². The summed E-state index contributed by atoms with van der Waals surface area (Å²) in [5.41, 5.74) is 2.39. The van der Waals surface area contributed by atoms with E-state index < -0.39 is 0 Å². The van der Waals surface area contributed by atoms with E-state index in [2.05, 4.69) is 63.8 Å². The van der Waals surface area contributed by atoms with Gasteiger partial charge in [-0.1, -0.05) is 24.3 Å². The first-order chi connectivity index (χ1) is 11.8. The summed E-state index contributed by atoms with van der Waals surface area (Å²) in [6.45, 7) is 8.77. The second-order valence-electron chi connectivity index (χ2n) is 5.50. The molecule has 0 radical (unpaired) electrons. The van der Waals surface area contributed by atoms with Crippen molar-refractivity contribution in [1.82, 2.24) is 15.2 Å². The number of hydrogen-bond donors (Lipinski definition) is 2. The minimum Gasteiger partial charge on any atom is -0.377 e. The topological polar surface area (TPSA) is 50.6 Å². The first kappa shape index (κ1) is 18.1. The van der Waals surface area contributed by atoms with Crippen LogP contribution in [0.3, 0.4) is 0 Å². The van der Waals surface area contributed by atoms with Crippen LogP contribution >= 0.6 is 0 Å². The molecule has 0 aliphatic carbocycles. The van der Waals surface area contributed by atoms with Crippen LogP contribution in [-0.4, -0.2) is 30.2 Å². The fourth-order valence-corrected chi connectivity index (χ4v) is 2.30. The van der Waals surface area contributed by atoms with Gasteiger partial charge in [-0.3, -0.25) is 0 Å². The Morgan fingerprint density at radius 3 is 2.42 bits per heavy atom. The van der Waals surface area contributed by atoms with E-state index in [9.17, 15) is 0 Å². The lowest BCUT2D eigenvalue weighted by Gasteiger charge is -2.12. The Morgan fingerprint density at radius 2 is 1.75 bits per heavy atom. The molecule has 0 amide bonds. The number of ether oxygens (including phenoxy) is 1. The molecule has 5 heteroatoms. The second-order valence-corrected chi connectivity index (χ2v) is 5.50. The molecule has 0 unspecified atom stereocenters. The zero-order valence-electron chi connectivity index (χ0n) is 14.7. The average molecular weight is 328 g/mol. The summed E-state index contributed by atoms with van der Waals surface area (Å²) in [7, 11) is 0. The van der Waals surface area contributed by atoms with E-state index in [0.717, 1.165) is 32.2 Å². The van der Waals surface area contributed by atoms with Crippen LogP contribution in [0.1, 0.15) is 25.0 Å². The van der Waals surface area contributed by atoms with E-state index >= 15 is 0 Å². The molecule has 5 nitrogen and oxygen atoms in total. The van der Waals surface area contributed by atoms with Crippen LogP contribution in [0.2, 0.25) is 0 Å². The monoisotopic (exact) mass is 328 g/mol. The Kier molecular flexibility index (Phi) is 7.90. The SMILES string of the molecule is CCNC(=NCc1ccc(COCC)cc1)NCCn1cccc1. The Hall–Kier alpha value is -2.27. The molecule has 2 rings (SSSR count). The van der Waals surface area contributed by atoms with Crippen LogP contribution in [0.25, 0.3) is 0 Å². The third kappa shape index (κ3) is 6.46. The van der Waals surface area contributed by atoms with Crippen molar-refractivity contribution < 1.29 is 4.74 Å². The molecule has 24 heavy (non-hydrogen) atoms. The summed E-state index contributed by atoms with van der Waals surface area (Å²) in [6, 6.07) is 12.5. The number of nitrogens with one attached hydrogen (secondary N) is 2. The molecule has 1 heterocycles. The summed E-state index contributed by atoms with van der Waals surface area (Å²) in [5, 5.41) is 6.65. The highest BCUT2D eigenvalue weighted by Gasteiger charge is 1.99. The summed E-state index contributed by atoms with van der Waals surface area (Å²) in [6.07, 6.45) is 4.13. The largest absolute Gasteiger partial charge is 0.377 e. The summed E-state index contributed by atoms with van der Waals surface area (Å²) < 4.78 is 7.56. The lowest BCUT2D eigenvalue weighted by Crippen LogP contribution is -2.38. The van der Waals surface area contributed by atoms with Crippen LogP contribution < -0.4 is 10.6 Å². The lowest BCUT2D eigenvalue weighted by molar-refractivity contribution is 0.134. The van der Waals surface area contributed by atoms with Gasteiger partial charge in [0.05, 0.1) is 13.2 Å². The van der Waals surface area contributed by atoms with Crippen LogP contribution in [0.5, 0.6) is 0 Å². The van der Waals surface area contributed by atoms with Gasteiger partial charge in [-0.25, -0.2) is 4.99 Å². The van der Waals surface area contributed by atoms with Crippen LogP contribution in [0, 0.1) is 0 Å². The van der Waals surface area contributed by atoms with Gasteiger partial charge in [0.15, 0.2) is 5.96 Å². The van der Waals surface area contributed by atoms with Crippen molar-refractivity contribution in [2.45, 2.75) is 33.5 Å². The standard InChI is InChI=1S/C19H28N4O/c1-3-20-19(21-11-14-23-12-5-6-13-23)22-15-17-7-9-18(10-8-17)16-24-4-2/h5-10,12-13H,3-4,11,14-16H2,1-2H3,(H2,20,21,22). The van der Waals surface area contributed by atoms with Crippen molar-refractivity contribution in [2.24, 2.45) is 4.99 Å². The normalized spacial score (nSPS) is 11.5. The Morgan fingerprint density at radius 1 is 1.04 bits per heavy atom. The quantitative estimate of drug-likeness (QED) is 0.550. The predicted octanol–water partition coefficient (Wildman–Crippen LogP) is 2.78. The van der Waals surface area contributed by atoms with Crippen LogP contribution in [-0.2, 0) is 24.4 Å². The highest BCUT2D eigenvalue weighted by molar-refractivity contribution is 5.79. The molecule has 2 aromatic rings. The second kappa shape index (κ2) is 10.5. The molecular weight excluding hydrogens is 300 g/mol. The van der Waals surface area contributed by atoms with Gasteiger partial charge < -0.3 is 19.9 Å². The van der Waals surface area contributed by atoms with Crippen molar-refractivity contribution in [2.75, 3.05) is 19.7 Å². The van der Waals surface area contributed by atoms with Gasteiger partial charge in [-0.2, -0.15) is 0 Å². The van der Waals surface area contributed by atoms with Gasteiger partial charge in [-0.15, -0.1) is 0 Å². The number of rotatable bonds is 9. The number of hydrogen-bond acceptors (Lipinski definition) is 2. The maximum Gasteiger partial charge on any atom is 0.191 e. The molecule has 0 fully saturated rings. The number of guanidine groups is 1. The van der Waals surface area contributed by atoms with E-state index in [1.807, 2.05) is 19.1 Å². The summed E-state index contributed by atoms with van der Waals surface area (Å²) >= 11 is 0. The van der Waals surface area contributed by atoms with E-state index in [1.165, 1.54) is 11.1 Å². The van der Waals surface area contributed by atoms with E-state index in [4.69, 9.17) is 4.74 Å². The van der Waals surface area contributed by atoms with Gasteiger partial charge in [0.2, 0.25) is 0 Å².